The third-order valence-corrected chi connectivity index (χ3v) is 2.62. The van der Waals surface area contributed by atoms with Crippen LogP contribution in [0.15, 0.2) is 18.3 Å². The van der Waals surface area contributed by atoms with E-state index in [1.807, 2.05) is 12.1 Å². The number of hydrogen-bond acceptors (Lipinski definition) is 3. The minimum atomic E-state index is -0.000787. The molecule has 4 heteroatoms. The Morgan fingerprint density at radius 2 is 2.27 bits per heavy atom. The van der Waals surface area contributed by atoms with E-state index in [9.17, 15) is 0 Å². The highest BCUT2D eigenvalue weighted by Gasteiger charge is 2.14. The summed E-state index contributed by atoms with van der Waals surface area (Å²) in [5.41, 5.74) is 7.88. The number of fused-ring (bicyclic) bond motifs is 1. The minimum absolute atomic E-state index is 0.000787. The first-order valence-corrected chi connectivity index (χ1v) is 5.34. The summed E-state index contributed by atoms with van der Waals surface area (Å²) in [6, 6.07) is 3.87. The van der Waals surface area contributed by atoms with Crippen molar-refractivity contribution >= 4 is 11.2 Å². The van der Waals surface area contributed by atoms with Crippen LogP contribution in [0.25, 0.3) is 11.2 Å². The lowest BCUT2D eigenvalue weighted by molar-refractivity contribution is 0.595. The molecule has 80 valence electrons. The Morgan fingerprint density at radius 3 is 2.93 bits per heavy atom. The van der Waals surface area contributed by atoms with Crippen molar-refractivity contribution in [2.75, 3.05) is 0 Å². The molecule has 2 aromatic rings. The molecule has 15 heavy (non-hydrogen) atoms. The van der Waals surface area contributed by atoms with Gasteiger partial charge in [0.25, 0.3) is 0 Å². The predicted molar refractivity (Wildman–Crippen MR) is 60.4 cm³/mol. The third kappa shape index (κ3) is 1.61. The highest BCUT2D eigenvalue weighted by Crippen LogP contribution is 2.19. The lowest BCUT2D eigenvalue weighted by atomic mass is 10.2. The Bertz CT molecular complexity index is 461. The van der Waals surface area contributed by atoms with Crippen LogP contribution in [0.2, 0.25) is 0 Å². The molecule has 0 saturated carbocycles. The number of nitrogens with two attached hydrogens (primary N) is 1. The van der Waals surface area contributed by atoms with Crippen LogP contribution in [-0.2, 0) is 6.54 Å². The zero-order valence-electron chi connectivity index (χ0n) is 9.14. The number of aromatic nitrogens is 3. The predicted octanol–water partition coefficient (Wildman–Crippen LogP) is 1.86. The average Bonchev–Trinajstić information content (AvgIpc) is 2.66. The van der Waals surface area contributed by atoms with Gasteiger partial charge in [-0.1, -0.05) is 6.92 Å². The molecule has 0 amide bonds. The smallest absolute Gasteiger partial charge is 0.160 e. The largest absolute Gasteiger partial charge is 0.321 e. The Kier molecular flexibility index (Phi) is 2.68. The molecule has 1 atom stereocenters. The van der Waals surface area contributed by atoms with Gasteiger partial charge in [-0.3, -0.25) is 0 Å². The van der Waals surface area contributed by atoms with E-state index in [4.69, 9.17) is 5.73 Å². The topological polar surface area (TPSA) is 56.7 Å². The van der Waals surface area contributed by atoms with Gasteiger partial charge < -0.3 is 10.3 Å². The molecule has 2 aromatic heterocycles. The van der Waals surface area contributed by atoms with Crippen LogP contribution >= 0.6 is 0 Å². The second-order valence-electron chi connectivity index (χ2n) is 3.58. The molecular weight excluding hydrogens is 188 g/mol. The van der Waals surface area contributed by atoms with Crippen molar-refractivity contribution in [3.05, 3.63) is 24.2 Å². The van der Waals surface area contributed by atoms with Crippen molar-refractivity contribution in [2.45, 2.75) is 32.9 Å². The lowest BCUT2D eigenvalue weighted by Crippen LogP contribution is -2.15. The van der Waals surface area contributed by atoms with Gasteiger partial charge in [0.05, 0.1) is 6.04 Å². The van der Waals surface area contributed by atoms with Gasteiger partial charge in [0.2, 0.25) is 0 Å². The van der Waals surface area contributed by atoms with Crippen molar-refractivity contribution in [2.24, 2.45) is 5.73 Å². The van der Waals surface area contributed by atoms with Crippen molar-refractivity contribution in [3.63, 3.8) is 0 Å². The number of rotatable bonds is 3. The summed E-state index contributed by atoms with van der Waals surface area (Å²) >= 11 is 0. The van der Waals surface area contributed by atoms with Crippen LogP contribution < -0.4 is 5.73 Å². The molecule has 0 spiro atoms. The van der Waals surface area contributed by atoms with Gasteiger partial charge in [0.15, 0.2) is 5.65 Å². The van der Waals surface area contributed by atoms with Crippen LogP contribution in [0.3, 0.4) is 0 Å². The molecule has 0 aliphatic carbocycles. The van der Waals surface area contributed by atoms with Crippen molar-refractivity contribution in [3.8, 4) is 0 Å². The van der Waals surface area contributed by atoms with E-state index in [2.05, 4.69) is 28.4 Å². The van der Waals surface area contributed by atoms with Gasteiger partial charge in [0, 0.05) is 12.7 Å². The van der Waals surface area contributed by atoms with Crippen LogP contribution in [-0.4, -0.2) is 14.5 Å². The lowest BCUT2D eigenvalue weighted by Gasteiger charge is -2.10. The number of pyridine rings is 1. The summed E-state index contributed by atoms with van der Waals surface area (Å²) in [5, 5.41) is 0. The highest BCUT2D eigenvalue weighted by atomic mass is 15.1. The molecule has 1 unspecified atom stereocenters. The van der Waals surface area contributed by atoms with Crippen molar-refractivity contribution in [1.82, 2.24) is 14.5 Å². The van der Waals surface area contributed by atoms with Crippen molar-refractivity contribution < 1.29 is 0 Å². The van der Waals surface area contributed by atoms with Gasteiger partial charge >= 0.3 is 0 Å². The summed E-state index contributed by atoms with van der Waals surface area (Å²) in [6.45, 7) is 5.01. The maximum atomic E-state index is 6.02. The quantitative estimate of drug-likeness (QED) is 0.830. The van der Waals surface area contributed by atoms with E-state index in [1.54, 1.807) is 6.20 Å². The first-order valence-electron chi connectivity index (χ1n) is 5.34. The minimum Gasteiger partial charge on any atom is -0.321 e. The highest BCUT2D eigenvalue weighted by molar-refractivity contribution is 5.71. The molecule has 2 N–H and O–H groups in total. The molecule has 0 bridgehead atoms. The van der Waals surface area contributed by atoms with Gasteiger partial charge in [-0.25, -0.2) is 9.97 Å². The Labute approximate surface area is 89.1 Å². The molecule has 0 aliphatic rings. The number of imidazole rings is 1. The SMILES string of the molecule is CCC(N)c1nc2cccnc2n1CC. The molecule has 0 aliphatic heterocycles. The molecule has 2 heterocycles. The van der Waals surface area contributed by atoms with Crippen LogP contribution in [0.1, 0.15) is 32.1 Å². The molecule has 0 fully saturated rings. The summed E-state index contributed by atoms with van der Waals surface area (Å²) in [7, 11) is 0. The van der Waals surface area contributed by atoms with E-state index in [0.29, 0.717) is 0 Å². The second kappa shape index (κ2) is 3.98. The van der Waals surface area contributed by atoms with Gasteiger partial charge in [0.1, 0.15) is 11.3 Å². The normalized spacial score (nSPS) is 13.3. The first kappa shape index (κ1) is 10.1. The molecule has 0 aromatic carbocycles. The third-order valence-electron chi connectivity index (χ3n) is 2.62. The van der Waals surface area contributed by atoms with E-state index in [1.165, 1.54) is 0 Å². The van der Waals surface area contributed by atoms with E-state index in [-0.39, 0.29) is 6.04 Å². The fraction of sp³-hybridized carbons (Fsp3) is 0.455. The summed E-state index contributed by atoms with van der Waals surface area (Å²) in [6.07, 6.45) is 2.68. The van der Waals surface area contributed by atoms with Crippen LogP contribution in [0, 0.1) is 0 Å². The number of aryl methyl sites for hydroxylation is 1. The van der Waals surface area contributed by atoms with E-state index < -0.39 is 0 Å². The number of hydrogen-bond donors (Lipinski definition) is 1. The molecule has 0 saturated heterocycles. The summed E-state index contributed by atoms with van der Waals surface area (Å²) in [4.78, 5) is 8.86. The maximum absolute atomic E-state index is 6.02. The molecular formula is C11H16N4. The fourth-order valence-electron chi connectivity index (χ4n) is 1.75. The number of nitrogens with zero attached hydrogens (tertiary/aromatic N) is 3. The van der Waals surface area contributed by atoms with E-state index >= 15 is 0 Å². The van der Waals surface area contributed by atoms with Crippen LogP contribution in [0.4, 0.5) is 0 Å². The van der Waals surface area contributed by atoms with E-state index in [0.717, 1.165) is 30.0 Å². The zero-order valence-corrected chi connectivity index (χ0v) is 9.14. The Hall–Kier alpha value is -1.42. The maximum Gasteiger partial charge on any atom is 0.160 e. The van der Waals surface area contributed by atoms with Crippen LogP contribution in [0.5, 0.6) is 0 Å². The fourth-order valence-corrected chi connectivity index (χ4v) is 1.75. The second-order valence-corrected chi connectivity index (χ2v) is 3.58. The molecule has 0 radical (unpaired) electrons. The first-order chi connectivity index (χ1) is 7.27. The molecule has 4 nitrogen and oxygen atoms in total. The summed E-state index contributed by atoms with van der Waals surface area (Å²) < 4.78 is 2.09. The standard InChI is InChI=1S/C11H16N4/c1-3-8(12)10-14-9-6-5-7-13-11(9)15(10)4-2/h5-8H,3-4,12H2,1-2H3. The summed E-state index contributed by atoms with van der Waals surface area (Å²) in [5.74, 6) is 0.939. The molecule has 2 rings (SSSR count). The van der Waals surface area contributed by atoms with Crippen molar-refractivity contribution in [1.29, 1.82) is 0 Å². The average molecular weight is 204 g/mol. The Balaban J connectivity index is 2.63. The zero-order chi connectivity index (χ0) is 10.8. The Morgan fingerprint density at radius 1 is 1.47 bits per heavy atom. The van der Waals surface area contributed by atoms with Gasteiger partial charge in [-0.2, -0.15) is 0 Å². The monoisotopic (exact) mass is 204 g/mol. The van der Waals surface area contributed by atoms with Gasteiger partial charge in [-0.05, 0) is 25.5 Å². The van der Waals surface area contributed by atoms with Gasteiger partial charge in [-0.15, -0.1) is 0 Å².